The van der Waals surface area contributed by atoms with Crippen LogP contribution in [0.3, 0.4) is 0 Å². The summed E-state index contributed by atoms with van der Waals surface area (Å²) < 4.78 is 4.86. The van der Waals surface area contributed by atoms with E-state index in [0.717, 1.165) is 5.56 Å². The Kier molecular flexibility index (Phi) is 1.65. The number of nitrogens with zero attached hydrogens (tertiary/aromatic N) is 3. The molecule has 2 heterocycles. The molecule has 0 unspecified atom stereocenters. The van der Waals surface area contributed by atoms with Crippen LogP contribution in [0.4, 0.5) is 10.6 Å². The highest BCUT2D eigenvalue weighted by Crippen LogP contribution is 2.22. The van der Waals surface area contributed by atoms with Crippen molar-refractivity contribution in [1.82, 2.24) is 9.97 Å². The van der Waals surface area contributed by atoms with Gasteiger partial charge in [-0.3, -0.25) is 4.90 Å². The molecule has 0 aliphatic carbocycles. The average molecular weight is 179 g/mol. The summed E-state index contributed by atoms with van der Waals surface area (Å²) in [6.07, 6.45) is 1.31. The van der Waals surface area contributed by atoms with Crippen LogP contribution in [0.15, 0.2) is 6.20 Å². The van der Waals surface area contributed by atoms with Gasteiger partial charge in [0.05, 0.1) is 5.56 Å². The van der Waals surface area contributed by atoms with Crippen LogP contribution in [0.25, 0.3) is 0 Å². The van der Waals surface area contributed by atoms with Crippen LogP contribution in [-0.2, 0) is 11.3 Å². The lowest BCUT2D eigenvalue weighted by molar-refractivity contribution is 0.143. The number of anilines is 1. The highest BCUT2D eigenvalue weighted by molar-refractivity contribution is 5.88. The van der Waals surface area contributed by atoms with Crippen LogP contribution >= 0.6 is 0 Å². The quantitative estimate of drug-likeness (QED) is 0.593. The van der Waals surface area contributed by atoms with Gasteiger partial charge in [0.2, 0.25) is 0 Å². The Bertz CT molecular complexity index is 364. The van der Waals surface area contributed by atoms with Gasteiger partial charge in [0.25, 0.3) is 0 Å². The van der Waals surface area contributed by atoms with E-state index in [1.165, 1.54) is 4.90 Å². The van der Waals surface area contributed by atoms with Gasteiger partial charge in [-0.25, -0.2) is 14.8 Å². The smallest absolute Gasteiger partial charge is 0.415 e. The monoisotopic (exact) mass is 179 g/mol. The van der Waals surface area contributed by atoms with Crippen molar-refractivity contribution in [1.29, 1.82) is 0 Å². The Hall–Kier alpha value is -1.65. The number of amides is 1. The molecule has 5 nitrogen and oxygen atoms in total. The van der Waals surface area contributed by atoms with Crippen LogP contribution in [0.1, 0.15) is 11.4 Å². The molecule has 1 aromatic rings. The Balaban J connectivity index is 2.51. The summed E-state index contributed by atoms with van der Waals surface area (Å²) in [6.45, 7) is 2.05. The van der Waals surface area contributed by atoms with Gasteiger partial charge in [-0.15, -0.1) is 0 Å². The maximum absolute atomic E-state index is 11.1. The minimum Gasteiger partial charge on any atom is -0.444 e. The maximum Gasteiger partial charge on any atom is 0.415 e. The predicted octanol–water partition coefficient (Wildman–Crippen LogP) is 0.871. The normalized spacial score (nSPS) is 15.2. The number of cyclic esters (lactones) is 1. The van der Waals surface area contributed by atoms with E-state index in [2.05, 4.69) is 9.97 Å². The molecule has 0 bridgehead atoms. The van der Waals surface area contributed by atoms with E-state index >= 15 is 0 Å². The van der Waals surface area contributed by atoms with E-state index < -0.39 is 0 Å². The molecule has 0 radical (unpaired) electrons. The Morgan fingerprint density at radius 3 is 3.15 bits per heavy atom. The van der Waals surface area contributed by atoms with Crippen molar-refractivity contribution in [2.24, 2.45) is 0 Å². The summed E-state index contributed by atoms with van der Waals surface area (Å²) in [5.74, 6) is 1.30. The Morgan fingerprint density at radius 2 is 2.38 bits per heavy atom. The third kappa shape index (κ3) is 1.22. The van der Waals surface area contributed by atoms with E-state index in [0.29, 0.717) is 11.6 Å². The SMILES string of the molecule is Cc1ncc2c(n1)N(C)C(=O)OC2. The summed E-state index contributed by atoms with van der Waals surface area (Å²) in [4.78, 5) is 20.7. The topological polar surface area (TPSA) is 55.3 Å². The molecule has 13 heavy (non-hydrogen) atoms. The largest absolute Gasteiger partial charge is 0.444 e. The van der Waals surface area contributed by atoms with Crippen LogP contribution in [-0.4, -0.2) is 23.1 Å². The first-order valence-corrected chi connectivity index (χ1v) is 3.91. The average Bonchev–Trinajstić information content (AvgIpc) is 2.12. The zero-order chi connectivity index (χ0) is 9.42. The van der Waals surface area contributed by atoms with E-state index in [1.807, 2.05) is 0 Å². The first-order chi connectivity index (χ1) is 6.18. The van der Waals surface area contributed by atoms with Gasteiger partial charge >= 0.3 is 6.09 Å². The molecular formula is C8H9N3O2. The van der Waals surface area contributed by atoms with E-state index in [1.54, 1.807) is 20.2 Å². The molecule has 68 valence electrons. The number of carbonyl (C=O) groups excluding carboxylic acids is 1. The molecule has 1 amide bonds. The zero-order valence-corrected chi connectivity index (χ0v) is 7.44. The van der Waals surface area contributed by atoms with Gasteiger partial charge < -0.3 is 4.74 Å². The van der Waals surface area contributed by atoms with Gasteiger partial charge in [0, 0.05) is 13.2 Å². The van der Waals surface area contributed by atoms with Crippen LogP contribution in [0.5, 0.6) is 0 Å². The van der Waals surface area contributed by atoms with Gasteiger partial charge in [-0.1, -0.05) is 0 Å². The van der Waals surface area contributed by atoms with E-state index in [9.17, 15) is 4.79 Å². The minimum atomic E-state index is -0.370. The number of ether oxygens (including phenoxy) is 1. The molecule has 0 aromatic carbocycles. The first-order valence-electron chi connectivity index (χ1n) is 3.91. The highest BCUT2D eigenvalue weighted by atomic mass is 16.6. The molecule has 5 heteroatoms. The molecule has 0 spiro atoms. The van der Waals surface area contributed by atoms with Crippen molar-refractivity contribution < 1.29 is 9.53 Å². The number of carbonyl (C=O) groups is 1. The Morgan fingerprint density at radius 1 is 1.62 bits per heavy atom. The number of fused-ring (bicyclic) bond motifs is 1. The number of hydrogen-bond donors (Lipinski definition) is 0. The molecule has 0 saturated heterocycles. The predicted molar refractivity (Wildman–Crippen MR) is 45.4 cm³/mol. The van der Waals surface area contributed by atoms with Gasteiger partial charge in [-0.2, -0.15) is 0 Å². The molecular weight excluding hydrogens is 170 g/mol. The maximum atomic E-state index is 11.1. The van der Waals surface area contributed by atoms with Crippen molar-refractivity contribution >= 4 is 11.9 Å². The highest BCUT2D eigenvalue weighted by Gasteiger charge is 2.23. The zero-order valence-electron chi connectivity index (χ0n) is 7.44. The minimum absolute atomic E-state index is 0.263. The van der Waals surface area contributed by atoms with Crippen LogP contribution in [0, 0.1) is 6.92 Å². The standard InChI is InChI=1S/C8H9N3O2/c1-5-9-3-6-4-13-8(12)11(2)7(6)10-5/h3H,4H2,1-2H3. The molecule has 1 aromatic heterocycles. The number of aromatic nitrogens is 2. The number of rotatable bonds is 0. The van der Waals surface area contributed by atoms with Crippen molar-refractivity contribution in [3.63, 3.8) is 0 Å². The fourth-order valence-electron chi connectivity index (χ4n) is 1.20. The van der Waals surface area contributed by atoms with Crippen molar-refractivity contribution in [3.05, 3.63) is 17.6 Å². The van der Waals surface area contributed by atoms with Gasteiger partial charge in [0.15, 0.2) is 0 Å². The summed E-state index contributed by atoms with van der Waals surface area (Å²) in [5, 5.41) is 0. The summed E-state index contributed by atoms with van der Waals surface area (Å²) in [6, 6.07) is 0. The van der Waals surface area contributed by atoms with Crippen molar-refractivity contribution in [2.45, 2.75) is 13.5 Å². The van der Waals surface area contributed by atoms with Gasteiger partial charge in [0.1, 0.15) is 18.2 Å². The fourth-order valence-corrected chi connectivity index (χ4v) is 1.20. The molecule has 0 saturated carbocycles. The van der Waals surface area contributed by atoms with Crippen LogP contribution < -0.4 is 4.90 Å². The summed E-state index contributed by atoms with van der Waals surface area (Å²) in [5.41, 5.74) is 0.840. The van der Waals surface area contributed by atoms with Gasteiger partial charge in [-0.05, 0) is 6.92 Å². The summed E-state index contributed by atoms with van der Waals surface area (Å²) >= 11 is 0. The second-order valence-electron chi connectivity index (χ2n) is 2.88. The fraction of sp³-hybridized carbons (Fsp3) is 0.375. The Labute approximate surface area is 75.4 Å². The second-order valence-corrected chi connectivity index (χ2v) is 2.88. The molecule has 1 aliphatic rings. The number of hydrogen-bond acceptors (Lipinski definition) is 4. The lowest BCUT2D eigenvalue weighted by Crippen LogP contribution is -2.33. The summed E-state index contributed by atoms with van der Waals surface area (Å²) in [7, 11) is 1.63. The third-order valence-electron chi connectivity index (χ3n) is 1.90. The van der Waals surface area contributed by atoms with E-state index in [4.69, 9.17) is 4.74 Å². The van der Waals surface area contributed by atoms with E-state index in [-0.39, 0.29) is 12.7 Å². The first kappa shape index (κ1) is 7.97. The lowest BCUT2D eigenvalue weighted by Gasteiger charge is -2.23. The van der Waals surface area contributed by atoms with Crippen LogP contribution in [0.2, 0.25) is 0 Å². The number of aryl methyl sites for hydroxylation is 1. The van der Waals surface area contributed by atoms with Crippen molar-refractivity contribution in [2.75, 3.05) is 11.9 Å². The second kappa shape index (κ2) is 2.69. The molecule has 0 atom stereocenters. The molecule has 0 fully saturated rings. The lowest BCUT2D eigenvalue weighted by atomic mass is 10.3. The molecule has 2 rings (SSSR count). The molecule has 0 N–H and O–H groups in total. The van der Waals surface area contributed by atoms with Crippen molar-refractivity contribution in [3.8, 4) is 0 Å². The third-order valence-corrected chi connectivity index (χ3v) is 1.90. The molecule has 1 aliphatic heterocycles.